The number of benzene rings is 1. The first-order chi connectivity index (χ1) is 10.2. The van der Waals surface area contributed by atoms with E-state index in [1.54, 1.807) is 14.2 Å². The SMILES string of the molecule is CCC(NCC1(CC)CCC1)c1ccc(OC)c(OC)c1. The average molecular weight is 291 g/mol. The predicted molar refractivity (Wildman–Crippen MR) is 87.2 cm³/mol. The summed E-state index contributed by atoms with van der Waals surface area (Å²) in [6.45, 7) is 5.67. The summed E-state index contributed by atoms with van der Waals surface area (Å²) in [5, 5.41) is 3.77. The topological polar surface area (TPSA) is 30.5 Å². The van der Waals surface area contributed by atoms with Gasteiger partial charge < -0.3 is 14.8 Å². The van der Waals surface area contributed by atoms with E-state index in [4.69, 9.17) is 9.47 Å². The Labute approximate surface area is 129 Å². The monoisotopic (exact) mass is 291 g/mol. The van der Waals surface area contributed by atoms with Crippen LogP contribution in [0.4, 0.5) is 0 Å². The molecule has 1 aliphatic carbocycles. The number of hydrogen-bond donors (Lipinski definition) is 1. The lowest BCUT2D eigenvalue weighted by Crippen LogP contribution is -2.40. The second-order valence-electron chi connectivity index (χ2n) is 6.16. The molecule has 1 saturated carbocycles. The maximum atomic E-state index is 5.42. The second-order valence-corrected chi connectivity index (χ2v) is 6.16. The highest BCUT2D eigenvalue weighted by molar-refractivity contribution is 5.43. The van der Waals surface area contributed by atoms with Crippen molar-refractivity contribution in [2.45, 2.75) is 52.0 Å². The van der Waals surface area contributed by atoms with Crippen LogP contribution in [0.25, 0.3) is 0 Å². The Balaban J connectivity index is 2.06. The Bertz CT molecular complexity index is 449. The van der Waals surface area contributed by atoms with E-state index < -0.39 is 0 Å². The van der Waals surface area contributed by atoms with Crippen molar-refractivity contribution in [2.75, 3.05) is 20.8 Å². The van der Waals surface area contributed by atoms with E-state index in [-0.39, 0.29) is 0 Å². The molecule has 0 bridgehead atoms. The predicted octanol–water partition coefficient (Wildman–Crippen LogP) is 4.32. The third-order valence-electron chi connectivity index (χ3n) is 5.11. The molecule has 0 radical (unpaired) electrons. The van der Waals surface area contributed by atoms with Crippen LogP contribution in [0.3, 0.4) is 0 Å². The van der Waals surface area contributed by atoms with Gasteiger partial charge in [0.05, 0.1) is 14.2 Å². The van der Waals surface area contributed by atoms with Gasteiger partial charge >= 0.3 is 0 Å². The molecular formula is C18H29NO2. The van der Waals surface area contributed by atoms with Crippen LogP contribution >= 0.6 is 0 Å². The van der Waals surface area contributed by atoms with Crippen LogP contribution in [0.15, 0.2) is 18.2 Å². The summed E-state index contributed by atoms with van der Waals surface area (Å²) in [4.78, 5) is 0. The molecular weight excluding hydrogens is 262 g/mol. The molecule has 1 aliphatic rings. The third kappa shape index (κ3) is 3.52. The van der Waals surface area contributed by atoms with E-state index in [2.05, 4.69) is 31.3 Å². The van der Waals surface area contributed by atoms with Gasteiger partial charge in [-0.3, -0.25) is 0 Å². The van der Waals surface area contributed by atoms with E-state index in [1.807, 2.05) is 6.07 Å². The van der Waals surface area contributed by atoms with Crippen LogP contribution in [0.5, 0.6) is 11.5 Å². The van der Waals surface area contributed by atoms with Crippen LogP contribution < -0.4 is 14.8 Å². The van der Waals surface area contributed by atoms with Crippen molar-refractivity contribution in [3.8, 4) is 11.5 Å². The molecule has 118 valence electrons. The second kappa shape index (κ2) is 7.17. The Morgan fingerprint density at radius 1 is 1.14 bits per heavy atom. The lowest BCUT2D eigenvalue weighted by Gasteiger charge is -2.42. The number of ether oxygens (including phenoxy) is 2. The minimum Gasteiger partial charge on any atom is -0.493 e. The van der Waals surface area contributed by atoms with E-state index in [0.717, 1.165) is 24.5 Å². The number of hydrogen-bond acceptors (Lipinski definition) is 3. The van der Waals surface area contributed by atoms with Gasteiger partial charge in [0, 0.05) is 12.6 Å². The first-order valence-electron chi connectivity index (χ1n) is 8.13. The van der Waals surface area contributed by atoms with Gasteiger partial charge in [0.15, 0.2) is 11.5 Å². The van der Waals surface area contributed by atoms with Gasteiger partial charge in [-0.05, 0) is 48.8 Å². The zero-order chi connectivity index (χ0) is 15.3. The van der Waals surface area contributed by atoms with Crippen molar-refractivity contribution in [3.05, 3.63) is 23.8 Å². The fourth-order valence-corrected chi connectivity index (χ4v) is 3.24. The van der Waals surface area contributed by atoms with Gasteiger partial charge in [-0.15, -0.1) is 0 Å². The molecule has 1 N–H and O–H groups in total. The number of rotatable bonds is 8. The van der Waals surface area contributed by atoms with Gasteiger partial charge in [0.25, 0.3) is 0 Å². The van der Waals surface area contributed by atoms with Crippen molar-refractivity contribution >= 4 is 0 Å². The summed E-state index contributed by atoms with van der Waals surface area (Å²) >= 11 is 0. The molecule has 0 heterocycles. The average Bonchev–Trinajstić information content (AvgIpc) is 2.49. The van der Waals surface area contributed by atoms with Gasteiger partial charge in [-0.1, -0.05) is 26.3 Å². The Morgan fingerprint density at radius 3 is 2.33 bits per heavy atom. The van der Waals surface area contributed by atoms with Crippen LogP contribution in [-0.2, 0) is 0 Å². The standard InChI is InChI=1S/C18H29NO2/c1-5-15(19-13-18(6-2)10-7-11-18)14-8-9-16(20-3)17(12-14)21-4/h8-9,12,15,19H,5-7,10-11,13H2,1-4H3. The van der Waals surface area contributed by atoms with Crippen molar-refractivity contribution in [2.24, 2.45) is 5.41 Å². The number of methoxy groups -OCH3 is 2. The lowest BCUT2D eigenvalue weighted by molar-refractivity contribution is 0.118. The van der Waals surface area contributed by atoms with Gasteiger partial charge in [0.1, 0.15) is 0 Å². The van der Waals surface area contributed by atoms with Crippen LogP contribution in [0.1, 0.15) is 57.6 Å². The smallest absolute Gasteiger partial charge is 0.161 e. The lowest BCUT2D eigenvalue weighted by atomic mass is 9.67. The first-order valence-corrected chi connectivity index (χ1v) is 8.13. The van der Waals surface area contributed by atoms with E-state index in [1.165, 1.54) is 31.2 Å². The van der Waals surface area contributed by atoms with E-state index in [0.29, 0.717) is 11.5 Å². The highest BCUT2D eigenvalue weighted by atomic mass is 16.5. The highest BCUT2D eigenvalue weighted by Crippen LogP contribution is 2.43. The molecule has 1 aromatic rings. The number of nitrogens with one attached hydrogen (secondary N) is 1. The molecule has 0 saturated heterocycles. The largest absolute Gasteiger partial charge is 0.493 e. The van der Waals surface area contributed by atoms with Gasteiger partial charge in [-0.25, -0.2) is 0 Å². The first kappa shape index (κ1) is 16.2. The highest BCUT2D eigenvalue weighted by Gasteiger charge is 2.35. The molecule has 0 amide bonds. The van der Waals surface area contributed by atoms with Crippen LogP contribution in [-0.4, -0.2) is 20.8 Å². The van der Waals surface area contributed by atoms with Gasteiger partial charge in [0.2, 0.25) is 0 Å². The quantitative estimate of drug-likeness (QED) is 0.773. The van der Waals surface area contributed by atoms with Crippen LogP contribution in [0, 0.1) is 5.41 Å². The van der Waals surface area contributed by atoms with Gasteiger partial charge in [-0.2, -0.15) is 0 Å². The summed E-state index contributed by atoms with van der Waals surface area (Å²) in [7, 11) is 3.37. The maximum absolute atomic E-state index is 5.42. The molecule has 1 aromatic carbocycles. The van der Waals surface area contributed by atoms with Crippen molar-refractivity contribution in [1.82, 2.24) is 5.32 Å². The molecule has 0 aliphatic heterocycles. The third-order valence-corrected chi connectivity index (χ3v) is 5.11. The minimum atomic E-state index is 0.383. The molecule has 3 heteroatoms. The summed E-state index contributed by atoms with van der Waals surface area (Å²) in [5.74, 6) is 1.60. The Kier molecular flexibility index (Phi) is 5.51. The minimum absolute atomic E-state index is 0.383. The van der Waals surface area contributed by atoms with Crippen molar-refractivity contribution < 1.29 is 9.47 Å². The molecule has 1 atom stereocenters. The van der Waals surface area contributed by atoms with Crippen molar-refractivity contribution in [3.63, 3.8) is 0 Å². The van der Waals surface area contributed by atoms with Crippen LogP contribution in [0.2, 0.25) is 0 Å². The maximum Gasteiger partial charge on any atom is 0.161 e. The fraction of sp³-hybridized carbons (Fsp3) is 0.667. The summed E-state index contributed by atoms with van der Waals surface area (Å²) in [6, 6.07) is 6.62. The molecule has 1 unspecified atom stereocenters. The molecule has 3 nitrogen and oxygen atoms in total. The molecule has 2 rings (SSSR count). The Morgan fingerprint density at radius 2 is 1.86 bits per heavy atom. The van der Waals surface area contributed by atoms with E-state index in [9.17, 15) is 0 Å². The molecule has 0 spiro atoms. The zero-order valence-corrected chi connectivity index (χ0v) is 13.9. The van der Waals surface area contributed by atoms with Crippen molar-refractivity contribution in [1.29, 1.82) is 0 Å². The molecule has 1 fully saturated rings. The summed E-state index contributed by atoms with van der Waals surface area (Å²) in [5.41, 5.74) is 1.82. The molecule has 0 aromatic heterocycles. The summed E-state index contributed by atoms with van der Waals surface area (Å²) < 4.78 is 10.7. The molecule has 21 heavy (non-hydrogen) atoms. The Hall–Kier alpha value is -1.22. The summed E-state index contributed by atoms with van der Waals surface area (Å²) in [6.07, 6.45) is 6.50. The zero-order valence-electron chi connectivity index (χ0n) is 13.9. The van der Waals surface area contributed by atoms with E-state index >= 15 is 0 Å². The normalized spacial score (nSPS) is 17.9. The fourth-order valence-electron chi connectivity index (χ4n) is 3.24.